The van der Waals surface area contributed by atoms with Gasteiger partial charge in [-0.15, -0.1) is 11.3 Å². The second-order valence-electron chi connectivity index (χ2n) is 6.11. The van der Waals surface area contributed by atoms with Gasteiger partial charge in [0.05, 0.1) is 17.3 Å². The molecule has 1 aromatic carbocycles. The molecular weight excluding hydrogens is 280 g/mol. The Morgan fingerprint density at radius 3 is 2.43 bits per heavy atom. The van der Waals surface area contributed by atoms with E-state index in [2.05, 4.69) is 13.8 Å². The summed E-state index contributed by atoms with van der Waals surface area (Å²) in [6.07, 6.45) is 0.815. The fraction of sp³-hybridized carbons (Fsp3) is 0.471. The molecule has 0 spiro atoms. The molecule has 1 heterocycles. The number of aromatic nitrogens is 1. The molecule has 4 heteroatoms. The molecule has 0 aliphatic heterocycles. The van der Waals surface area contributed by atoms with Gasteiger partial charge in [-0.3, -0.25) is 0 Å². The molecule has 21 heavy (non-hydrogen) atoms. The Labute approximate surface area is 131 Å². The Balaban J connectivity index is 2.04. The van der Waals surface area contributed by atoms with Crippen molar-refractivity contribution < 1.29 is 4.74 Å². The first-order valence-corrected chi connectivity index (χ1v) is 8.16. The zero-order valence-corrected chi connectivity index (χ0v) is 14.0. The number of nitrogens with zero attached hydrogens (tertiary/aromatic N) is 1. The van der Waals surface area contributed by atoms with Crippen LogP contribution >= 0.6 is 11.3 Å². The topological polar surface area (TPSA) is 48.1 Å². The minimum absolute atomic E-state index is 0.337. The molecule has 2 aromatic rings. The highest BCUT2D eigenvalue weighted by Crippen LogP contribution is 2.32. The summed E-state index contributed by atoms with van der Waals surface area (Å²) in [6, 6.07) is 9.87. The van der Waals surface area contributed by atoms with E-state index in [0.717, 1.165) is 22.9 Å². The molecule has 0 fully saturated rings. The average molecular weight is 304 g/mol. The molecule has 0 unspecified atom stereocenters. The minimum Gasteiger partial charge on any atom is -0.493 e. The van der Waals surface area contributed by atoms with E-state index in [1.54, 1.807) is 11.3 Å². The second-order valence-corrected chi connectivity index (χ2v) is 7.19. The lowest BCUT2D eigenvalue weighted by atomic mass is 9.98. The summed E-state index contributed by atoms with van der Waals surface area (Å²) in [5, 5.41) is 1.10. The zero-order chi connectivity index (χ0) is 15.5. The molecule has 2 rings (SSSR count). The molecule has 0 aliphatic carbocycles. The van der Waals surface area contributed by atoms with E-state index >= 15 is 0 Å². The van der Waals surface area contributed by atoms with Crippen LogP contribution in [0.4, 0.5) is 0 Å². The van der Waals surface area contributed by atoms with Crippen LogP contribution in [0.1, 0.15) is 49.2 Å². The van der Waals surface area contributed by atoms with Gasteiger partial charge in [0.25, 0.3) is 0 Å². The minimum atomic E-state index is -0.337. The SMILES string of the molecule is CC(C)c1nc(CCOc2ccccc2)sc1C(C)(C)N. The number of rotatable bonds is 6. The van der Waals surface area contributed by atoms with E-state index in [1.807, 2.05) is 44.2 Å². The third kappa shape index (κ3) is 4.29. The van der Waals surface area contributed by atoms with Gasteiger partial charge >= 0.3 is 0 Å². The third-order valence-corrected chi connectivity index (χ3v) is 4.63. The van der Waals surface area contributed by atoms with Gasteiger partial charge < -0.3 is 10.5 Å². The van der Waals surface area contributed by atoms with Gasteiger partial charge in [-0.2, -0.15) is 0 Å². The Morgan fingerprint density at radius 2 is 1.90 bits per heavy atom. The van der Waals surface area contributed by atoms with Crippen molar-refractivity contribution in [3.8, 4) is 5.75 Å². The predicted molar refractivity (Wildman–Crippen MR) is 89.1 cm³/mol. The second kappa shape index (κ2) is 6.58. The maximum absolute atomic E-state index is 6.27. The Bertz CT molecular complexity index is 570. The van der Waals surface area contributed by atoms with Crippen molar-refractivity contribution in [2.75, 3.05) is 6.61 Å². The van der Waals surface area contributed by atoms with Crippen LogP contribution in [0.3, 0.4) is 0 Å². The van der Waals surface area contributed by atoms with Gasteiger partial charge in [0.2, 0.25) is 0 Å². The molecular formula is C17H24N2OS. The third-order valence-electron chi connectivity index (χ3n) is 3.16. The molecule has 3 nitrogen and oxygen atoms in total. The number of hydrogen-bond acceptors (Lipinski definition) is 4. The normalized spacial score (nSPS) is 11.9. The van der Waals surface area contributed by atoms with E-state index in [0.29, 0.717) is 12.5 Å². The lowest BCUT2D eigenvalue weighted by Gasteiger charge is -2.19. The van der Waals surface area contributed by atoms with Gasteiger partial charge in [-0.05, 0) is 31.9 Å². The smallest absolute Gasteiger partial charge is 0.119 e. The Hall–Kier alpha value is -1.39. The maximum atomic E-state index is 6.27. The highest BCUT2D eigenvalue weighted by atomic mass is 32.1. The van der Waals surface area contributed by atoms with E-state index in [4.69, 9.17) is 15.5 Å². The van der Waals surface area contributed by atoms with E-state index in [9.17, 15) is 0 Å². The summed E-state index contributed by atoms with van der Waals surface area (Å²) < 4.78 is 5.74. The van der Waals surface area contributed by atoms with Crippen molar-refractivity contribution in [3.05, 3.63) is 45.9 Å². The van der Waals surface area contributed by atoms with E-state index < -0.39 is 0 Å². The zero-order valence-electron chi connectivity index (χ0n) is 13.2. The van der Waals surface area contributed by atoms with Crippen molar-refractivity contribution in [2.45, 2.75) is 45.6 Å². The monoisotopic (exact) mass is 304 g/mol. The number of benzene rings is 1. The number of ether oxygens (including phenoxy) is 1. The Kier molecular flexibility index (Phi) is 5.01. The first-order valence-electron chi connectivity index (χ1n) is 7.34. The lowest BCUT2D eigenvalue weighted by molar-refractivity contribution is 0.321. The van der Waals surface area contributed by atoms with Crippen LogP contribution in [-0.4, -0.2) is 11.6 Å². The number of thiazole rings is 1. The summed E-state index contributed by atoms with van der Waals surface area (Å²) in [5.41, 5.74) is 7.06. The van der Waals surface area contributed by atoms with E-state index in [-0.39, 0.29) is 5.54 Å². The van der Waals surface area contributed by atoms with Crippen molar-refractivity contribution in [3.63, 3.8) is 0 Å². The number of para-hydroxylation sites is 1. The van der Waals surface area contributed by atoms with Gasteiger partial charge in [-0.25, -0.2) is 4.98 Å². The molecule has 0 atom stereocenters. The summed E-state index contributed by atoms with van der Waals surface area (Å²) in [5.74, 6) is 1.29. The summed E-state index contributed by atoms with van der Waals surface area (Å²) in [6.45, 7) is 9.04. The first-order chi connectivity index (χ1) is 9.88. The standard InChI is InChI=1S/C17H24N2OS/c1-12(2)15-16(17(3,4)18)21-14(19-15)10-11-20-13-8-6-5-7-9-13/h5-9,12H,10-11,18H2,1-4H3. The van der Waals surface area contributed by atoms with Crippen LogP contribution in [0.2, 0.25) is 0 Å². The molecule has 0 bridgehead atoms. The van der Waals surface area contributed by atoms with E-state index in [1.165, 1.54) is 4.88 Å². The van der Waals surface area contributed by atoms with Crippen LogP contribution in [0.25, 0.3) is 0 Å². The molecule has 0 aliphatic rings. The van der Waals surface area contributed by atoms with Crippen molar-refractivity contribution in [2.24, 2.45) is 5.73 Å². The van der Waals surface area contributed by atoms with Crippen LogP contribution in [0, 0.1) is 0 Å². The van der Waals surface area contributed by atoms with Gasteiger partial charge in [0.1, 0.15) is 5.75 Å². The van der Waals surface area contributed by atoms with Crippen LogP contribution in [0.5, 0.6) is 5.75 Å². The quantitative estimate of drug-likeness (QED) is 0.874. The highest BCUT2D eigenvalue weighted by molar-refractivity contribution is 7.11. The van der Waals surface area contributed by atoms with Gasteiger partial charge in [0, 0.05) is 16.8 Å². The molecule has 114 valence electrons. The molecule has 1 aromatic heterocycles. The fourth-order valence-electron chi connectivity index (χ4n) is 2.11. The van der Waals surface area contributed by atoms with Crippen LogP contribution in [-0.2, 0) is 12.0 Å². The number of nitrogens with two attached hydrogens (primary N) is 1. The molecule has 0 saturated heterocycles. The molecule has 0 amide bonds. The van der Waals surface area contributed by atoms with Gasteiger partial charge in [-0.1, -0.05) is 32.0 Å². The Morgan fingerprint density at radius 1 is 1.24 bits per heavy atom. The lowest BCUT2D eigenvalue weighted by Crippen LogP contribution is -2.28. The van der Waals surface area contributed by atoms with Crippen molar-refractivity contribution >= 4 is 11.3 Å². The fourth-order valence-corrected chi connectivity index (χ4v) is 3.32. The molecule has 2 N–H and O–H groups in total. The average Bonchev–Trinajstić information content (AvgIpc) is 2.84. The van der Waals surface area contributed by atoms with Crippen LogP contribution in [0.15, 0.2) is 30.3 Å². The largest absolute Gasteiger partial charge is 0.493 e. The maximum Gasteiger partial charge on any atom is 0.119 e. The summed E-state index contributed by atoms with van der Waals surface area (Å²) in [4.78, 5) is 5.95. The number of hydrogen-bond donors (Lipinski definition) is 1. The summed E-state index contributed by atoms with van der Waals surface area (Å²) in [7, 11) is 0. The predicted octanol–water partition coefficient (Wildman–Crippen LogP) is 4.08. The first kappa shape index (κ1) is 16.0. The molecule has 0 saturated carbocycles. The van der Waals surface area contributed by atoms with Crippen molar-refractivity contribution in [1.82, 2.24) is 4.98 Å². The van der Waals surface area contributed by atoms with Gasteiger partial charge in [0.15, 0.2) is 0 Å². The summed E-state index contributed by atoms with van der Waals surface area (Å²) >= 11 is 1.71. The highest BCUT2D eigenvalue weighted by Gasteiger charge is 2.24. The van der Waals surface area contributed by atoms with Crippen molar-refractivity contribution in [1.29, 1.82) is 0 Å². The molecule has 0 radical (unpaired) electrons. The van der Waals surface area contributed by atoms with Crippen LogP contribution < -0.4 is 10.5 Å².